The van der Waals surface area contributed by atoms with Gasteiger partial charge in [-0.25, -0.2) is 0 Å². The number of anilines is 1. The molecule has 1 fully saturated rings. The second kappa shape index (κ2) is 10.1. The second-order valence-electron chi connectivity index (χ2n) is 7.65. The summed E-state index contributed by atoms with van der Waals surface area (Å²) in [5.74, 6) is -0.410. The molecule has 2 aromatic rings. The van der Waals surface area contributed by atoms with Crippen molar-refractivity contribution in [3.05, 3.63) is 65.2 Å². The van der Waals surface area contributed by atoms with Gasteiger partial charge >= 0.3 is 0 Å². The Kier molecular flexibility index (Phi) is 7.22. The van der Waals surface area contributed by atoms with Crippen molar-refractivity contribution in [2.24, 2.45) is 0 Å². The highest BCUT2D eigenvalue weighted by atomic mass is 16.2. The zero-order chi connectivity index (χ0) is 21.5. The van der Waals surface area contributed by atoms with Crippen LogP contribution in [0.15, 0.2) is 48.5 Å². The molecule has 0 bridgehead atoms. The fourth-order valence-electron chi connectivity index (χ4n) is 3.68. The Balaban J connectivity index is 1.64. The molecule has 0 aromatic heterocycles. The van der Waals surface area contributed by atoms with Gasteiger partial charge in [0, 0.05) is 29.9 Å². The number of aryl methyl sites for hydroxylation is 1. The number of carbonyl (C=O) groups is 3. The normalized spacial score (nSPS) is 15.7. The van der Waals surface area contributed by atoms with Crippen LogP contribution in [0.4, 0.5) is 5.69 Å². The van der Waals surface area contributed by atoms with Crippen LogP contribution >= 0.6 is 0 Å². The van der Waals surface area contributed by atoms with E-state index in [1.165, 1.54) is 0 Å². The summed E-state index contributed by atoms with van der Waals surface area (Å²) in [4.78, 5) is 39.5. The molecule has 6 heteroatoms. The van der Waals surface area contributed by atoms with Crippen LogP contribution < -0.4 is 10.6 Å². The largest absolute Gasteiger partial charge is 0.354 e. The predicted octanol–water partition coefficient (Wildman–Crippen LogP) is 3.77. The number of nitrogens with zero attached hydrogens (tertiary/aromatic N) is 1. The standard InChI is InChI=1S/C24H29N3O3/c1-3-4-15-25-23(29)21-10-7-16-27(21)24(30)18-11-13-19(14-12-18)26-22(28)20-9-6-5-8-17(20)2/h5-6,8-9,11-14,21H,3-4,7,10,15-16H2,1-2H3,(H,25,29)(H,26,28)/t21-/m0/s1. The van der Waals surface area contributed by atoms with E-state index in [2.05, 4.69) is 17.6 Å². The van der Waals surface area contributed by atoms with Crippen LogP contribution in [0.3, 0.4) is 0 Å². The molecule has 158 valence electrons. The predicted molar refractivity (Wildman–Crippen MR) is 118 cm³/mol. The maximum atomic E-state index is 12.9. The van der Waals surface area contributed by atoms with Crippen molar-refractivity contribution in [2.45, 2.75) is 45.6 Å². The number of unbranched alkanes of at least 4 members (excludes halogenated alkanes) is 1. The highest BCUT2D eigenvalue weighted by Crippen LogP contribution is 2.21. The Morgan fingerprint density at radius 3 is 2.50 bits per heavy atom. The molecule has 2 aromatic carbocycles. The zero-order valence-electron chi connectivity index (χ0n) is 17.6. The van der Waals surface area contributed by atoms with Crippen LogP contribution in [0.2, 0.25) is 0 Å². The lowest BCUT2D eigenvalue weighted by atomic mass is 10.1. The molecule has 1 heterocycles. The molecular weight excluding hydrogens is 378 g/mol. The minimum atomic E-state index is -0.408. The Morgan fingerprint density at radius 2 is 1.80 bits per heavy atom. The van der Waals surface area contributed by atoms with Crippen molar-refractivity contribution in [3.63, 3.8) is 0 Å². The lowest BCUT2D eigenvalue weighted by Crippen LogP contribution is -2.46. The average Bonchev–Trinajstić information content (AvgIpc) is 3.24. The molecule has 3 rings (SSSR count). The van der Waals surface area contributed by atoms with Gasteiger partial charge < -0.3 is 15.5 Å². The Bertz CT molecular complexity index is 908. The second-order valence-corrected chi connectivity index (χ2v) is 7.65. The molecule has 0 radical (unpaired) electrons. The molecule has 0 unspecified atom stereocenters. The number of benzene rings is 2. The summed E-state index contributed by atoms with van der Waals surface area (Å²) < 4.78 is 0. The van der Waals surface area contributed by atoms with Crippen LogP contribution in [-0.4, -0.2) is 41.8 Å². The maximum absolute atomic E-state index is 12.9. The first-order valence-corrected chi connectivity index (χ1v) is 10.6. The van der Waals surface area contributed by atoms with Gasteiger partial charge in [-0.3, -0.25) is 14.4 Å². The van der Waals surface area contributed by atoms with E-state index in [4.69, 9.17) is 0 Å². The molecule has 1 saturated heterocycles. The van der Waals surface area contributed by atoms with Crippen molar-refractivity contribution in [3.8, 4) is 0 Å². The first-order valence-electron chi connectivity index (χ1n) is 10.6. The summed E-state index contributed by atoms with van der Waals surface area (Å²) in [5, 5.41) is 5.79. The highest BCUT2D eigenvalue weighted by molar-refractivity contribution is 6.05. The number of rotatable bonds is 7. The summed E-state index contributed by atoms with van der Waals surface area (Å²) in [5.41, 5.74) is 2.65. The van der Waals surface area contributed by atoms with Gasteiger partial charge in [-0.2, -0.15) is 0 Å². The molecule has 0 saturated carbocycles. The van der Waals surface area contributed by atoms with Gasteiger partial charge in [0.25, 0.3) is 11.8 Å². The van der Waals surface area contributed by atoms with Gasteiger partial charge in [0.05, 0.1) is 0 Å². The first-order chi connectivity index (χ1) is 14.5. The van der Waals surface area contributed by atoms with Gasteiger partial charge in [0.1, 0.15) is 6.04 Å². The number of carbonyl (C=O) groups excluding carboxylic acids is 3. The number of hydrogen-bond donors (Lipinski definition) is 2. The molecule has 1 aliphatic rings. The molecule has 1 aliphatic heterocycles. The van der Waals surface area contributed by atoms with Gasteiger partial charge in [-0.1, -0.05) is 31.5 Å². The maximum Gasteiger partial charge on any atom is 0.255 e. The van der Waals surface area contributed by atoms with Crippen LogP contribution in [0.1, 0.15) is 58.9 Å². The highest BCUT2D eigenvalue weighted by Gasteiger charge is 2.34. The summed E-state index contributed by atoms with van der Waals surface area (Å²) in [7, 11) is 0. The van der Waals surface area contributed by atoms with Crippen LogP contribution in [0, 0.1) is 6.92 Å². The topological polar surface area (TPSA) is 78.5 Å². The summed E-state index contributed by atoms with van der Waals surface area (Å²) >= 11 is 0. The van der Waals surface area contributed by atoms with E-state index < -0.39 is 6.04 Å². The molecule has 0 aliphatic carbocycles. The monoisotopic (exact) mass is 407 g/mol. The van der Waals surface area contributed by atoms with Crippen molar-refractivity contribution < 1.29 is 14.4 Å². The Labute approximate surface area is 177 Å². The summed E-state index contributed by atoms with van der Waals surface area (Å²) in [6.45, 7) is 5.19. The summed E-state index contributed by atoms with van der Waals surface area (Å²) in [6.07, 6.45) is 3.46. The number of amides is 3. The van der Waals surface area contributed by atoms with E-state index in [0.29, 0.717) is 36.3 Å². The smallest absolute Gasteiger partial charge is 0.255 e. The fraction of sp³-hybridized carbons (Fsp3) is 0.375. The van der Waals surface area contributed by atoms with Crippen molar-refractivity contribution in [2.75, 3.05) is 18.4 Å². The first kappa shape index (κ1) is 21.6. The lowest BCUT2D eigenvalue weighted by molar-refractivity contribution is -0.124. The zero-order valence-corrected chi connectivity index (χ0v) is 17.6. The molecule has 3 amide bonds. The molecule has 1 atom stereocenters. The van der Waals surface area contributed by atoms with Gasteiger partial charge in [0.2, 0.25) is 5.91 Å². The minimum absolute atomic E-state index is 0.0728. The van der Waals surface area contributed by atoms with Crippen molar-refractivity contribution in [1.29, 1.82) is 0 Å². The lowest BCUT2D eigenvalue weighted by Gasteiger charge is -2.24. The third-order valence-electron chi connectivity index (χ3n) is 5.43. The summed E-state index contributed by atoms with van der Waals surface area (Å²) in [6, 6.07) is 13.8. The van der Waals surface area contributed by atoms with Crippen LogP contribution in [-0.2, 0) is 4.79 Å². The fourth-order valence-corrected chi connectivity index (χ4v) is 3.68. The van der Waals surface area contributed by atoms with E-state index in [-0.39, 0.29) is 17.7 Å². The van der Waals surface area contributed by atoms with Gasteiger partial charge in [-0.05, 0) is 62.1 Å². The number of hydrogen-bond acceptors (Lipinski definition) is 3. The van der Waals surface area contributed by atoms with E-state index in [1.807, 2.05) is 25.1 Å². The van der Waals surface area contributed by atoms with Gasteiger partial charge in [0.15, 0.2) is 0 Å². The molecule has 30 heavy (non-hydrogen) atoms. The SMILES string of the molecule is CCCCNC(=O)[C@@H]1CCCN1C(=O)c1ccc(NC(=O)c2ccccc2C)cc1. The number of likely N-dealkylation sites (tertiary alicyclic amines) is 1. The molecule has 6 nitrogen and oxygen atoms in total. The molecule has 0 spiro atoms. The van der Waals surface area contributed by atoms with Gasteiger partial charge in [-0.15, -0.1) is 0 Å². The van der Waals surface area contributed by atoms with E-state index in [9.17, 15) is 14.4 Å². The molecule has 2 N–H and O–H groups in total. The van der Waals surface area contributed by atoms with Crippen molar-refractivity contribution >= 4 is 23.4 Å². The Morgan fingerprint density at radius 1 is 1.07 bits per heavy atom. The third kappa shape index (κ3) is 5.06. The number of nitrogens with one attached hydrogen (secondary N) is 2. The van der Waals surface area contributed by atoms with Crippen LogP contribution in [0.5, 0.6) is 0 Å². The molecular formula is C24H29N3O3. The van der Waals surface area contributed by atoms with E-state index in [0.717, 1.165) is 24.8 Å². The van der Waals surface area contributed by atoms with Crippen molar-refractivity contribution in [1.82, 2.24) is 10.2 Å². The quantitative estimate of drug-likeness (QED) is 0.686. The van der Waals surface area contributed by atoms with Crippen LogP contribution in [0.25, 0.3) is 0 Å². The third-order valence-corrected chi connectivity index (χ3v) is 5.43. The average molecular weight is 408 g/mol. The van der Waals surface area contributed by atoms with E-state index in [1.54, 1.807) is 35.2 Å². The Hall–Kier alpha value is -3.15. The minimum Gasteiger partial charge on any atom is -0.354 e. The van der Waals surface area contributed by atoms with E-state index >= 15 is 0 Å².